The molecule has 18 heavy (non-hydrogen) atoms. The number of hydrogen-bond acceptors (Lipinski definition) is 4. The first-order chi connectivity index (χ1) is 8.63. The molecular weight excluding hydrogens is 234 g/mol. The number of hydrogen-bond donors (Lipinski definition) is 2. The molecule has 1 heterocycles. The second kappa shape index (κ2) is 4.97. The predicted molar refractivity (Wildman–Crippen MR) is 64.2 cm³/mol. The van der Waals surface area contributed by atoms with Gasteiger partial charge in [0, 0.05) is 5.56 Å². The second-order valence-electron chi connectivity index (χ2n) is 3.90. The molecule has 2 rings (SSSR count). The number of aromatic nitrogens is 3. The molecule has 6 nitrogen and oxygen atoms in total. The zero-order chi connectivity index (χ0) is 13.1. The lowest BCUT2D eigenvalue weighted by Crippen LogP contribution is -2.07. The zero-order valence-electron chi connectivity index (χ0n) is 9.87. The summed E-state index contributed by atoms with van der Waals surface area (Å²) in [7, 11) is 0. The van der Waals surface area contributed by atoms with Crippen molar-refractivity contribution in [2.45, 2.75) is 13.5 Å². The lowest BCUT2D eigenvalue weighted by Gasteiger charge is -2.06. The van der Waals surface area contributed by atoms with Crippen molar-refractivity contribution in [2.75, 3.05) is 6.61 Å². The maximum Gasteiger partial charge on any atom is 0.358 e. The van der Waals surface area contributed by atoms with Crippen LogP contribution in [0.3, 0.4) is 0 Å². The van der Waals surface area contributed by atoms with Crippen molar-refractivity contribution in [1.82, 2.24) is 15.0 Å². The van der Waals surface area contributed by atoms with Crippen LogP contribution in [-0.2, 0) is 6.54 Å². The Bertz CT molecular complexity index is 560. The highest BCUT2D eigenvalue weighted by Crippen LogP contribution is 2.22. The minimum Gasteiger partial charge on any atom is -0.476 e. The third-order valence-electron chi connectivity index (χ3n) is 2.57. The highest BCUT2D eigenvalue weighted by molar-refractivity contribution is 5.92. The van der Waals surface area contributed by atoms with Crippen molar-refractivity contribution >= 4 is 5.97 Å². The average molecular weight is 247 g/mol. The summed E-state index contributed by atoms with van der Waals surface area (Å²) in [5.41, 5.74) is 2.11. The van der Waals surface area contributed by atoms with E-state index in [1.165, 1.54) is 4.68 Å². The minimum absolute atomic E-state index is 0.104. The highest BCUT2D eigenvalue weighted by atomic mass is 16.4. The third-order valence-corrected chi connectivity index (χ3v) is 2.57. The van der Waals surface area contributed by atoms with Crippen molar-refractivity contribution in [3.63, 3.8) is 0 Å². The Morgan fingerprint density at radius 2 is 2.00 bits per heavy atom. The van der Waals surface area contributed by atoms with Crippen LogP contribution in [0, 0.1) is 6.92 Å². The summed E-state index contributed by atoms with van der Waals surface area (Å²) < 4.78 is 1.40. The largest absolute Gasteiger partial charge is 0.476 e. The third kappa shape index (κ3) is 2.23. The Hall–Kier alpha value is -2.21. The van der Waals surface area contributed by atoms with Crippen LogP contribution in [0.25, 0.3) is 11.3 Å². The maximum absolute atomic E-state index is 11.1. The average Bonchev–Trinajstić information content (AvgIpc) is 2.75. The molecule has 0 radical (unpaired) electrons. The number of benzene rings is 1. The van der Waals surface area contributed by atoms with E-state index in [0.29, 0.717) is 5.69 Å². The molecule has 1 aromatic carbocycles. The van der Waals surface area contributed by atoms with Crippen molar-refractivity contribution in [2.24, 2.45) is 0 Å². The molecule has 0 saturated heterocycles. The zero-order valence-corrected chi connectivity index (χ0v) is 9.87. The number of carboxylic acid groups (broad SMARTS) is 1. The first-order valence-corrected chi connectivity index (χ1v) is 5.48. The highest BCUT2D eigenvalue weighted by Gasteiger charge is 2.20. The number of carbonyl (C=O) groups is 1. The molecule has 0 fully saturated rings. The number of aryl methyl sites for hydroxylation is 1. The molecular formula is C12H13N3O3. The molecule has 2 aromatic rings. The Balaban J connectivity index is 2.55. The van der Waals surface area contributed by atoms with Crippen LogP contribution in [0.5, 0.6) is 0 Å². The van der Waals surface area contributed by atoms with Gasteiger partial charge in [-0.3, -0.25) is 0 Å². The summed E-state index contributed by atoms with van der Waals surface area (Å²) in [6.07, 6.45) is 0. The van der Waals surface area contributed by atoms with Gasteiger partial charge in [0.2, 0.25) is 0 Å². The summed E-state index contributed by atoms with van der Waals surface area (Å²) in [6, 6.07) is 7.40. The maximum atomic E-state index is 11.1. The fourth-order valence-corrected chi connectivity index (χ4v) is 1.71. The Morgan fingerprint density at radius 3 is 2.56 bits per heavy atom. The van der Waals surface area contributed by atoms with Crippen molar-refractivity contribution < 1.29 is 15.0 Å². The van der Waals surface area contributed by atoms with Crippen LogP contribution in [0.1, 0.15) is 16.1 Å². The van der Waals surface area contributed by atoms with Crippen LogP contribution < -0.4 is 0 Å². The van der Waals surface area contributed by atoms with Gasteiger partial charge in [-0.05, 0) is 6.92 Å². The predicted octanol–water partition coefficient (Wildman–Crippen LogP) is 0.944. The Labute approximate surface area is 103 Å². The van der Waals surface area contributed by atoms with Gasteiger partial charge in [-0.15, -0.1) is 5.10 Å². The van der Waals surface area contributed by atoms with Gasteiger partial charge >= 0.3 is 5.97 Å². The van der Waals surface area contributed by atoms with E-state index < -0.39 is 5.97 Å². The first-order valence-electron chi connectivity index (χ1n) is 5.48. The smallest absolute Gasteiger partial charge is 0.358 e. The number of aliphatic hydroxyl groups is 1. The van der Waals surface area contributed by atoms with Gasteiger partial charge in [0.25, 0.3) is 0 Å². The number of aromatic carboxylic acids is 1. The SMILES string of the molecule is Cc1ccc(-c2c(C(=O)O)nnn2CCO)cc1. The van der Waals surface area contributed by atoms with Gasteiger partial charge < -0.3 is 10.2 Å². The fourth-order valence-electron chi connectivity index (χ4n) is 1.71. The van der Waals surface area contributed by atoms with Gasteiger partial charge in [-0.1, -0.05) is 35.0 Å². The molecule has 2 N–H and O–H groups in total. The van der Waals surface area contributed by atoms with Crippen LogP contribution in [0.15, 0.2) is 24.3 Å². The Kier molecular flexibility index (Phi) is 3.38. The molecule has 0 bridgehead atoms. The van der Waals surface area contributed by atoms with Crippen LogP contribution in [0.2, 0.25) is 0 Å². The molecule has 0 unspecified atom stereocenters. The molecule has 1 aromatic heterocycles. The van der Waals surface area contributed by atoms with Gasteiger partial charge in [0.15, 0.2) is 5.69 Å². The van der Waals surface area contributed by atoms with Crippen molar-refractivity contribution in [1.29, 1.82) is 0 Å². The standard InChI is InChI=1S/C12H13N3O3/c1-8-2-4-9(5-3-8)11-10(12(17)18)13-14-15(11)6-7-16/h2-5,16H,6-7H2,1H3,(H,17,18). The van der Waals surface area contributed by atoms with E-state index in [0.717, 1.165) is 11.1 Å². The monoisotopic (exact) mass is 247 g/mol. The molecule has 6 heteroatoms. The molecule has 0 amide bonds. The van der Waals surface area contributed by atoms with E-state index in [-0.39, 0.29) is 18.8 Å². The number of rotatable bonds is 4. The molecule has 0 aliphatic rings. The molecule has 0 saturated carbocycles. The van der Waals surface area contributed by atoms with Crippen LogP contribution >= 0.6 is 0 Å². The van der Waals surface area contributed by atoms with Gasteiger partial charge in [0.05, 0.1) is 13.2 Å². The number of nitrogens with zero attached hydrogens (tertiary/aromatic N) is 3. The minimum atomic E-state index is -1.13. The van der Waals surface area contributed by atoms with Crippen LogP contribution in [0.4, 0.5) is 0 Å². The van der Waals surface area contributed by atoms with E-state index in [4.69, 9.17) is 10.2 Å². The molecule has 0 spiro atoms. The summed E-state index contributed by atoms with van der Waals surface area (Å²) in [5.74, 6) is -1.13. The van der Waals surface area contributed by atoms with Crippen LogP contribution in [-0.4, -0.2) is 37.8 Å². The van der Waals surface area contributed by atoms with E-state index >= 15 is 0 Å². The summed E-state index contributed by atoms with van der Waals surface area (Å²) in [5, 5.41) is 25.4. The van der Waals surface area contributed by atoms with Crippen molar-refractivity contribution in [3.8, 4) is 11.3 Å². The van der Waals surface area contributed by atoms with E-state index in [2.05, 4.69) is 10.3 Å². The summed E-state index contributed by atoms with van der Waals surface area (Å²) in [6.45, 7) is 2.04. The quantitative estimate of drug-likeness (QED) is 0.839. The Morgan fingerprint density at radius 1 is 1.33 bits per heavy atom. The van der Waals surface area contributed by atoms with Gasteiger partial charge in [-0.2, -0.15) is 0 Å². The molecule has 0 aliphatic carbocycles. The van der Waals surface area contributed by atoms with E-state index in [1.807, 2.05) is 31.2 Å². The lowest BCUT2D eigenvalue weighted by atomic mass is 10.1. The molecule has 94 valence electrons. The van der Waals surface area contributed by atoms with Gasteiger partial charge in [0.1, 0.15) is 5.69 Å². The lowest BCUT2D eigenvalue weighted by molar-refractivity contribution is 0.0691. The van der Waals surface area contributed by atoms with E-state index in [1.54, 1.807) is 0 Å². The van der Waals surface area contributed by atoms with E-state index in [9.17, 15) is 4.79 Å². The van der Waals surface area contributed by atoms with Crippen molar-refractivity contribution in [3.05, 3.63) is 35.5 Å². The molecule has 0 atom stereocenters. The summed E-state index contributed by atoms with van der Waals surface area (Å²) in [4.78, 5) is 11.1. The summed E-state index contributed by atoms with van der Waals surface area (Å²) >= 11 is 0. The molecule has 0 aliphatic heterocycles. The number of aliphatic hydroxyl groups excluding tert-OH is 1. The number of carboxylic acids is 1. The fraction of sp³-hybridized carbons (Fsp3) is 0.250. The van der Waals surface area contributed by atoms with Gasteiger partial charge in [-0.25, -0.2) is 9.48 Å². The topological polar surface area (TPSA) is 88.2 Å². The second-order valence-corrected chi connectivity index (χ2v) is 3.90. The normalized spacial score (nSPS) is 10.6. The first kappa shape index (κ1) is 12.3.